The molecule has 0 N–H and O–H groups in total. The first-order valence-electron chi connectivity index (χ1n) is 6.03. The Morgan fingerprint density at radius 1 is 1.18 bits per heavy atom. The van der Waals surface area contributed by atoms with E-state index in [-0.39, 0.29) is 5.91 Å². The highest BCUT2D eigenvalue weighted by molar-refractivity contribution is 5.94. The molecule has 3 nitrogen and oxygen atoms in total. The molecule has 3 heteroatoms. The first-order chi connectivity index (χ1) is 8.22. The van der Waals surface area contributed by atoms with E-state index in [9.17, 15) is 4.79 Å². The average molecular weight is 226 g/mol. The highest BCUT2D eigenvalue weighted by atomic mass is 16.2. The molecule has 1 spiro atoms. The summed E-state index contributed by atoms with van der Waals surface area (Å²) in [5.74, 6) is 0.215. The quantitative estimate of drug-likeness (QED) is 0.738. The zero-order chi connectivity index (χ0) is 11.9. The summed E-state index contributed by atoms with van der Waals surface area (Å²) in [6, 6.07) is 9.39. The number of carbonyl (C=O) groups excluding carboxylic acids is 1. The summed E-state index contributed by atoms with van der Waals surface area (Å²) in [5, 5.41) is 8.75. The van der Waals surface area contributed by atoms with Crippen molar-refractivity contribution >= 4 is 11.6 Å². The zero-order valence-electron chi connectivity index (χ0n) is 9.65. The van der Waals surface area contributed by atoms with Crippen molar-refractivity contribution < 1.29 is 4.79 Å². The van der Waals surface area contributed by atoms with E-state index in [1.807, 2.05) is 17.0 Å². The molecule has 1 amide bonds. The molecule has 1 aromatic rings. The minimum Gasteiger partial charge on any atom is -0.312 e. The Morgan fingerprint density at radius 3 is 2.47 bits per heavy atom. The van der Waals surface area contributed by atoms with Crippen molar-refractivity contribution in [2.45, 2.75) is 25.7 Å². The van der Waals surface area contributed by atoms with E-state index < -0.39 is 0 Å². The van der Waals surface area contributed by atoms with Gasteiger partial charge < -0.3 is 4.90 Å². The van der Waals surface area contributed by atoms with Crippen LogP contribution in [0.1, 0.15) is 31.2 Å². The van der Waals surface area contributed by atoms with Crippen LogP contribution in [-0.4, -0.2) is 12.5 Å². The Morgan fingerprint density at radius 2 is 1.88 bits per heavy atom. The molecule has 3 rings (SSSR count). The Kier molecular flexibility index (Phi) is 2.19. The van der Waals surface area contributed by atoms with Crippen molar-refractivity contribution in [3.63, 3.8) is 0 Å². The molecule has 1 saturated carbocycles. The predicted molar refractivity (Wildman–Crippen MR) is 64.4 cm³/mol. The van der Waals surface area contributed by atoms with Gasteiger partial charge in [-0.15, -0.1) is 0 Å². The second-order valence-corrected chi connectivity index (χ2v) is 5.14. The molecule has 1 aliphatic heterocycles. The largest absolute Gasteiger partial charge is 0.312 e. The van der Waals surface area contributed by atoms with Gasteiger partial charge in [0.1, 0.15) is 0 Å². The molecular weight excluding hydrogens is 212 g/mol. The summed E-state index contributed by atoms with van der Waals surface area (Å²) >= 11 is 0. The van der Waals surface area contributed by atoms with Gasteiger partial charge in [0.15, 0.2) is 0 Å². The van der Waals surface area contributed by atoms with Gasteiger partial charge in [-0.05, 0) is 48.9 Å². The van der Waals surface area contributed by atoms with E-state index in [2.05, 4.69) is 6.07 Å². The van der Waals surface area contributed by atoms with Gasteiger partial charge >= 0.3 is 0 Å². The van der Waals surface area contributed by atoms with Crippen molar-refractivity contribution in [2.24, 2.45) is 5.41 Å². The number of hydrogen-bond donors (Lipinski definition) is 0. The average Bonchev–Trinajstić information content (AvgIpc) is 3.13. The highest BCUT2D eigenvalue weighted by Crippen LogP contribution is 2.52. The maximum atomic E-state index is 11.9. The number of hydrogen-bond acceptors (Lipinski definition) is 2. The van der Waals surface area contributed by atoms with Crippen molar-refractivity contribution in [3.05, 3.63) is 29.8 Å². The van der Waals surface area contributed by atoms with Crippen molar-refractivity contribution in [1.29, 1.82) is 5.26 Å². The molecule has 0 radical (unpaired) electrons. The van der Waals surface area contributed by atoms with E-state index >= 15 is 0 Å². The number of nitriles is 1. The van der Waals surface area contributed by atoms with Crippen LogP contribution in [-0.2, 0) is 4.79 Å². The number of amides is 1. The molecular formula is C14H14N2O. The van der Waals surface area contributed by atoms with Crippen LogP contribution in [0.25, 0.3) is 0 Å². The van der Waals surface area contributed by atoms with Gasteiger partial charge in [0.2, 0.25) is 5.91 Å². The van der Waals surface area contributed by atoms with Gasteiger partial charge in [0.05, 0.1) is 11.6 Å². The molecule has 1 saturated heterocycles. The van der Waals surface area contributed by atoms with Gasteiger partial charge in [0, 0.05) is 18.7 Å². The van der Waals surface area contributed by atoms with Crippen LogP contribution < -0.4 is 4.90 Å². The van der Waals surface area contributed by atoms with Crippen LogP contribution in [0, 0.1) is 16.7 Å². The second-order valence-electron chi connectivity index (χ2n) is 5.14. The summed E-state index contributed by atoms with van der Waals surface area (Å²) in [6.07, 6.45) is 4.23. The SMILES string of the molecule is N#Cc1ccc(N2CC3(CCC2=O)CC3)cc1. The van der Waals surface area contributed by atoms with Crippen LogP contribution >= 0.6 is 0 Å². The topological polar surface area (TPSA) is 44.1 Å². The molecule has 86 valence electrons. The van der Waals surface area contributed by atoms with E-state index in [1.165, 1.54) is 12.8 Å². The molecule has 0 atom stereocenters. The first-order valence-corrected chi connectivity index (χ1v) is 6.03. The molecule has 0 aromatic heterocycles. The lowest BCUT2D eigenvalue weighted by Gasteiger charge is -2.32. The molecule has 17 heavy (non-hydrogen) atoms. The highest BCUT2D eigenvalue weighted by Gasteiger charge is 2.47. The Bertz CT molecular complexity index is 494. The lowest BCUT2D eigenvalue weighted by atomic mass is 9.94. The van der Waals surface area contributed by atoms with Gasteiger partial charge in [0.25, 0.3) is 0 Å². The van der Waals surface area contributed by atoms with Crippen molar-refractivity contribution in [3.8, 4) is 6.07 Å². The minimum atomic E-state index is 0.215. The third-order valence-corrected chi connectivity index (χ3v) is 3.93. The Labute approximate surface area is 101 Å². The fourth-order valence-corrected chi connectivity index (χ4v) is 2.55. The Balaban J connectivity index is 1.86. The number of anilines is 1. The molecule has 2 fully saturated rings. The minimum absolute atomic E-state index is 0.215. The molecule has 2 aliphatic rings. The summed E-state index contributed by atoms with van der Waals surface area (Å²) in [7, 11) is 0. The number of piperidine rings is 1. The molecule has 1 heterocycles. The van der Waals surface area contributed by atoms with Gasteiger partial charge in [-0.1, -0.05) is 0 Å². The van der Waals surface area contributed by atoms with E-state index in [1.54, 1.807) is 12.1 Å². The third-order valence-electron chi connectivity index (χ3n) is 3.93. The molecule has 0 unspecified atom stereocenters. The summed E-state index contributed by atoms with van der Waals surface area (Å²) < 4.78 is 0. The third kappa shape index (κ3) is 1.80. The van der Waals surface area contributed by atoms with Crippen LogP contribution in [0.2, 0.25) is 0 Å². The maximum Gasteiger partial charge on any atom is 0.227 e. The standard InChI is InChI=1S/C14H14N2O/c15-9-11-1-3-12(4-2-11)16-10-14(7-8-14)6-5-13(16)17/h1-4H,5-8,10H2. The smallest absolute Gasteiger partial charge is 0.227 e. The zero-order valence-corrected chi connectivity index (χ0v) is 9.65. The van der Waals surface area contributed by atoms with Gasteiger partial charge in [-0.2, -0.15) is 5.26 Å². The normalized spacial score (nSPS) is 21.4. The maximum absolute atomic E-state index is 11.9. The summed E-state index contributed by atoms with van der Waals surface area (Å²) in [4.78, 5) is 13.8. The number of rotatable bonds is 1. The van der Waals surface area contributed by atoms with Crippen LogP contribution in [0.3, 0.4) is 0 Å². The first kappa shape index (κ1) is 10.3. The number of benzene rings is 1. The van der Waals surface area contributed by atoms with Gasteiger partial charge in [-0.3, -0.25) is 4.79 Å². The second kappa shape index (κ2) is 3.59. The van der Waals surface area contributed by atoms with Crippen LogP contribution in [0.15, 0.2) is 24.3 Å². The van der Waals surface area contributed by atoms with Crippen LogP contribution in [0.5, 0.6) is 0 Å². The summed E-state index contributed by atoms with van der Waals surface area (Å²) in [6.45, 7) is 0.859. The predicted octanol–water partition coefficient (Wildman–Crippen LogP) is 2.47. The molecule has 0 bridgehead atoms. The van der Waals surface area contributed by atoms with Crippen LogP contribution in [0.4, 0.5) is 5.69 Å². The van der Waals surface area contributed by atoms with E-state index in [0.717, 1.165) is 18.7 Å². The Hall–Kier alpha value is -1.82. The monoisotopic (exact) mass is 226 g/mol. The fraction of sp³-hybridized carbons (Fsp3) is 0.429. The lowest BCUT2D eigenvalue weighted by molar-refractivity contribution is -0.120. The van der Waals surface area contributed by atoms with Crippen molar-refractivity contribution in [2.75, 3.05) is 11.4 Å². The number of carbonyl (C=O) groups is 1. The van der Waals surface area contributed by atoms with Gasteiger partial charge in [-0.25, -0.2) is 0 Å². The summed E-state index contributed by atoms with van der Waals surface area (Å²) in [5.41, 5.74) is 1.99. The molecule has 1 aliphatic carbocycles. The van der Waals surface area contributed by atoms with E-state index in [4.69, 9.17) is 5.26 Å². The van der Waals surface area contributed by atoms with E-state index in [0.29, 0.717) is 17.4 Å². The number of nitrogens with zero attached hydrogens (tertiary/aromatic N) is 2. The lowest BCUT2D eigenvalue weighted by Crippen LogP contribution is -2.41. The van der Waals surface area contributed by atoms with Crippen molar-refractivity contribution in [1.82, 2.24) is 0 Å². The fourth-order valence-electron chi connectivity index (χ4n) is 2.55. The molecule has 1 aromatic carbocycles.